The van der Waals surface area contributed by atoms with E-state index in [1.807, 2.05) is 32.0 Å². The van der Waals surface area contributed by atoms with E-state index in [0.29, 0.717) is 18.0 Å². The number of amides is 2. The minimum absolute atomic E-state index is 0.143. The molecular weight excluding hydrogens is 290 g/mol. The molecule has 1 aromatic carbocycles. The molecule has 0 saturated carbocycles. The second-order valence-electron chi connectivity index (χ2n) is 6.11. The van der Waals surface area contributed by atoms with Crippen LogP contribution in [0.4, 0.5) is 4.79 Å². The molecule has 3 N–H and O–H groups in total. The van der Waals surface area contributed by atoms with Gasteiger partial charge >= 0.3 is 6.03 Å². The molecule has 120 valence electrons. The number of aromatic nitrogens is 1. The predicted molar refractivity (Wildman–Crippen MR) is 89.7 cm³/mol. The van der Waals surface area contributed by atoms with Crippen molar-refractivity contribution in [1.29, 1.82) is 0 Å². The first-order valence-electron chi connectivity index (χ1n) is 7.83. The number of fused-ring (bicyclic) bond motifs is 1. The second-order valence-corrected chi connectivity index (χ2v) is 6.11. The molecule has 2 aromatic rings. The van der Waals surface area contributed by atoms with Crippen LogP contribution in [0.1, 0.15) is 33.9 Å². The minimum Gasteiger partial charge on any atom is -0.338 e. The lowest BCUT2D eigenvalue weighted by molar-refractivity contribution is 0.239. The lowest BCUT2D eigenvalue weighted by atomic mass is 9.78. The highest BCUT2D eigenvalue weighted by Gasteiger charge is 2.25. The number of carbonyl (C=O) groups is 1. The Kier molecular flexibility index (Phi) is 4.19. The van der Waals surface area contributed by atoms with Gasteiger partial charge in [-0.1, -0.05) is 24.3 Å². The summed E-state index contributed by atoms with van der Waals surface area (Å²) in [6, 6.07) is 9.96. The zero-order valence-electron chi connectivity index (χ0n) is 13.4. The maximum atomic E-state index is 11.9. The van der Waals surface area contributed by atoms with Crippen molar-refractivity contribution in [1.82, 2.24) is 15.6 Å². The maximum Gasteiger partial charge on any atom is 0.315 e. The van der Waals surface area contributed by atoms with E-state index in [2.05, 4.69) is 27.8 Å². The molecule has 0 bridgehead atoms. The quantitative estimate of drug-likeness (QED) is 0.809. The van der Waals surface area contributed by atoms with Crippen LogP contribution in [0.3, 0.4) is 0 Å². The summed E-state index contributed by atoms with van der Waals surface area (Å²) in [5, 5.41) is 5.64. The third kappa shape index (κ3) is 3.28. The summed E-state index contributed by atoms with van der Waals surface area (Å²) in [4.78, 5) is 26.6. The highest BCUT2D eigenvalue weighted by molar-refractivity contribution is 5.74. The molecule has 1 aliphatic rings. The summed E-state index contributed by atoms with van der Waals surface area (Å²) in [6.45, 7) is 4.57. The molecule has 0 saturated heterocycles. The van der Waals surface area contributed by atoms with E-state index in [1.165, 1.54) is 11.1 Å². The summed E-state index contributed by atoms with van der Waals surface area (Å²) in [7, 11) is 0. The number of hydrogen-bond donors (Lipinski definition) is 3. The summed E-state index contributed by atoms with van der Waals surface area (Å²) in [5.74, 6) is 0.390. The molecule has 0 radical (unpaired) electrons. The fourth-order valence-corrected chi connectivity index (χ4v) is 3.09. The molecule has 1 heterocycles. The Bertz CT molecular complexity index is 795. The molecule has 0 unspecified atom stereocenters. The SMILES string of the molecule is Cc1cc(C)c(CNC(=O)NC[C@@H]2Cc3ccccc32)c(=O)[nH]1. The molecule has 0 fully saturated rings. The average Bonchev–Trinajstić information content (AvgIpc) is 2.47. The average molecular weight is 311 g/mol. The minimum atomic E-state index is -0.242. The smallest absolute Gasteiger partial charge is 0.315 e. The Morgan fingerprint density at radius 2 is 2.04 bits per heavy atom. The van der Waals surface area contributed by atoms with Crippen LogP contribution in [-0.2, 0) is 13.0 Å². The first kappa shape index (κ1) is 15.3. The van der Waals surface area contributed by atoms with Crippen LogP contribution in [0.5, 0.6) is 0 Å². The van der Waals surface area contributed by atoms with E-state index in [1.54, 1.807) is 0 Å². The standard InChI is InChI=1S/C18H21N3O2/c1-11-7-12(2)21-17(22)16(11)10-20-18(23)19-9-14-8-13-5-3-4-6-15(13)14/h3-7,14H,8-10H2,1-2H3,(H,21,22)(H2,19,20,23)/t14-/m0/s1. The number of nitrogens with one attached hydrogen (secondary N) is 3. The number of pyridine rings is 1. The molecule has 1 atom stereocenters. The summed E-state index contributed by atoms with van der Waals surface area (Å²) < 4.78 is 0. The van der Waals surface area contributed by atoms with Crippen LogP contribution in [0, 0.1) is 13.8 Å². The van der Waals surface area contributed by atoms with Gasteiger partial charge in [0, 0.05) is 23.7 Å². The molecule has 0 aliphatic heterocycles. The Labute approximate surface area is 135 Å². The summed E-state index contributed by atoms with van der Waals surface area (Å²) >= 11 is 0. The third-order valence-electron chi connectivity index (χ3n) is 4.39. The van der Waals surface area contributed by atoms with Crippen LogP contribution < -0.4 is 16.2 Å². The monoisotopic (exact) mass is 311 g/mol. The Morgan fingerprint density at radius 1 is 1.26 bits per heavy atom. The number of hydrogen-bond acceptors (Lipinski definition) is 2. The van der Waals surface area contributed by atoms with Gasteiger partial charge in [0.1, 0.15) is 0 Å². The van der Waals surface area contributed by atoms with Gasteiger partial charge < -0.3 is 15.6 Å². The highest BCUT2D eigenvalue weighted by Crippen LogP contribution is 2.33. The molecule has 3 rings (SSSR count). The van der Waals surface area contributed by atoms with E-state index in [0.717, 1.165) is 17.7 Å². The molecule has 1 aromatic heterocycles. The third-order valence-corrected chi connectivity index (χ3v) is 4.39. The van der Waals surface area contributed by atoms with E-state index < -0.39 is 0 Å². The molecule has 5 nitrogen and oxygen atoms in total. The summed E-state index contributed by atoms with van der Waals surface area (Å²) in [6.07, 6.45) is 1.01. The van der Waals surface area contributed by atoms with Gasteiger partial charge in [-0.05, 0) is 43.0 Å². The molecule has 5 heteroatoms. The zero-order valence-corrected chi connectivity index (χ0v) is 13.4. The highest BCUT2D eigenvalue weighted by atomic mass is 16.2. The van der Waals surface area contributed by atoms with Crippen LogP contribution in [0.15, 0.2) is 35.1 Å². The summed E-state index contributed by atoms with van der Waals surface area (Å²) in [5.41, 5.74) is 4.85. The molecule has 2 amide bonds. The maximum absolute atomic E-state index is 11.9. The molecular formula is C18H21N3O2. The van der Waals surface area contributed by atoms with Gasteiger partial charge in [0.2, 0.25) is 0 Å². The number of benzene rings is 1. The fourth-order valence-electron chi connectivity index (χ4n) is 3.09. The van der Waals surface area contributed by atoms with Gasteiger partial charge in [-0.3, -0.25) is 4.79 Å². The van der Waals surface area contributed by atoms with Gasteiger partial charge in [-0.25, -0.2) is 4.79 Å². The van der Waals surface area contributed by atoms with Gasteiger partial charge in [-0.2, -0.15) is 0 Å². The normalized spacial score (nSPS) is 15.5. The number of urea groups is 1. The number of aromatic amines is 1. The Balaban J connectivity index is 1.51. The van der Waals surface area contributed by atoms with Crippen molar-refractivity contribution >= 4 is 6.03 Å². The van der Waals surface area contributed by atoms with E-state index in [4.69, 9.17) is 0 Å². The van der Waals surface area contributed by atoms with E-state index >= 15 is 0 Å². The first-order valence-corrected chi connectivity index (χ1v) is 7.83. The second kappa shape index (κ2) is 6.28. The van der Waals surface area contributed by atoms with Gasteiger partial charge in [0.05, 0.1) is 6.54 Å². The van der Waals surface area contributed by atoms with Crippen molar-refractivity contribution in [3.63, 3.8) is 0 Å². The van der Waals surface area contributed by atoms with Gasteiger partial charge in [0.25, 0.3) is 5.56 Å². The lowest BCUT2D eigenvalue weighted by Gasteiger charge is -2.30. The van der Waals surface area contributed by atoms with Crippen molar-refractivity contribution in [2.24, 2.45) is 0 Å². The zero-order chi connectivity index (χ0) is 16.4. The van der Waals surface area contributed by atoms with Crippen molar-refractivity contribution < 1.29 is 4.79 Å². The number of H-pyrrole nitrogens is 1. The Morgan fingerprint density at radius 3 is 2.78 bits per heavy atom. The van der Waals surface area contributed by atoms with Crippen molar-refractivity contribution in [3.8, 4) is 0 Å². The van der Waals surface area contributed by atoms with Crippen LogP contribution in [0.25, 0.3) is 0 Å². The lowest BCUT2D eigenvalue weighted by Crippen LogP contribution is -2.40. The molecule has 1 aliphatic carbocycles. The number of rotatable bonds is 4. The van der Waals surface area contributed by atoms with Crippen LogP contribution >= 0.6 is 0 Å². The predicted octanol–water partition coefficient (Wildman–Crippen LogP) is 2.13. The van der Waals surface area contributed by atoms with Crippen molar-refractivity contribution in [3.05, 3.63) is 68.6 Å². The number of aryl methyl sites for hydroxylation is 2. The fraction of sp³-hybridized carbons (Fsp3) is 0.333. The Hall–Kier alpha value is -2.56. The first-order chi connectivity index (χ1) is 11.0. The van der Waals surface area contributed by atoms with E-state index in [9.17, 15) is 9.59 Å². The number of carbonyl (C=O) groups excluding carboxylic acids is 1. The largest absolute Gasteiger partial charge is 0.338 e. The molecule has 0 spiro atoms. The molecule has 23 heavy (non-hydrogen) atoms. The van der Waals surface area contributed by atoms with Crippen LogP contribution in [-0.4, -0.2) is 17.6 Å². The topological polar surface area (TPSA) is 74.0 Å². The van der Waals surface area contributed by atoms with Crippen molar-refractivity contribution in [2.75, 3.05) is 6.54 Å². The van der Waals surface area contributed by atoms with Gasteiger partial charge in [0.15, 0.2) is 0 Å². The van der Waals surface area contributed by atoms with Crippen LogP contribution in [0.2, 0.25) is 0 Å². The van der Waals surface area contributed by atoms with E-state index in [-0.39, 0.29) is 18.1 Å². The van der Waals surface area contributed by atoms with Gasteiger partial charge in [-0.15, -0.1) is 0 Å². The van der Waals surface area contributed by atoms with Crippen molar-refractivity contribution in [2.45, 2.75) is 32.7 Å².